The molecule has 2 aromatic carbocycles. The lowest BCUT2D eigenvalue weighted by Gasteiger charge is -2.24. The van der Waals surface area contributed by atoms with Crippen molar-refractivity contribution in [3.8, 4) is 22.7 Å². The van der Waals surface area contributed by atoms with Gasteiger partial charge < -0.3 is 20.5 Å². The molecule has 0 saturated heterocycles. The first-order chi connectivity index (χ1) is 18.3. The molecule has 0 saturated carbocycles. The summed E-state index contributed by atoms with van der Waals surface area (Å²) < 4.78 is 5.48. The van der Waals surface area contributed by atoms with Crippen LogP contribution >= 0.6 is 46.4 Å². The first-order valence-corrected chi connectivity index (χ1v) is 12.9. The summed E-state index contributed by atoms with van der Waals surface area (Å²) in [5.41, 5.74) is 8.48. The van der Waals surface area contributed by atoms with Crippen LogP contribution in [0.5, 0.6) is 0 Å². The molecule has 0 spiro atoms. The van der Waals surface area contributed by atoms with Gasteiger partial charge >= 0.3 is 0 Å². The molecule has 196 valence electrons. The third kappa shape index (κ3) is 6.46. The maximum Gasteiger partial charge on any atom is 0.260 e. The molecular weight excluding hydrogens is 572 g/mol. The van der Waals surface area contributed by atoms with Gasteiger partial charge in [-0.15, -0.1) is 0 Å². The Bertz CT molecular complexity index is 1410. The van der Waals surface area contributed by atoms with Crippen molar-refractivity contribution in [2.75, 3.05) is 18.0 Å². The van der Waals surface area contributed by atoms with E-state index in [0.29, 0.717) is 44.0 Å². The fourth-order valence-electron chi connectivity index (χ4n) is 3.68. The van der Waals surface area contributed by atoms with E-state index >= 15 is 0 Å². The second-order valence-electron chi connectivity index (χ2n) is 8.04. The minimum atomic E-state index is -1.33. The normalized spacial score (nSPS) is 11.8. The minimum absolute atomic E-state index is 0.0718. The lowest BCUT2D eigenvalue weighted by molar-refractivity contribution is -0.122. The smallest absolute Gasteiger partial charge is 0.260 e. The number of hydrogen-bond acceptors (Lipinski definition) is 6. The van der Waals surface area contributed by atoms with Gasteiger partial charge in [-0.25, -0.2) is 0 Å². The molecule has 1 atom stereocenters. The highest BCUT2D eigenvalue weighted by atomic mass is 35.5. The fourth-order valence-corrected chi connectivity index (χ4v) is 4.50. The average molecular weight is 593 g/mol. The number of rotatable bonds is 9. The van der Waals surface area contributed by atoms with Crippen LogP contribution in [0.3, 0.4) is 0 Å². The standard InChI is InChI=1S/C26H21Cl4N5O3/c27-17-7-4-8-18(28)22(17)20-14-21(38-34-20)19-13-16(9-10-32-19)35(26(37)24(29)30)12-11-33-25(36)23(31)15-5-2-1-3-6-15/h1-10,13-14,23-24H,11-12,31H2,(H,33,36)/t23-/m0/s1. The average Bonchev–Trinajstić information content (AvgIpc) is 3.40. The van der Waals surface area contributed by atoms with Crippen LogP contribution in [-0.2, 0) is 9.59 Å². The van der Waals surface area contributed by atoms with Crippen LogP contribution in [-0.4, -0.2) is 39.9 Å². The van der Waals surface area contributed by atoms with Crippen molar-refractivity contribution >= 4 is 63.9 Å². The Morgan fingerprint density at radius 1 is 0.974 bits per heavy atom. The Morgan fingerprint density at radius 2 is 1.68 bits per heavy atom. The third-order valence-corrected chi connectivity index (χ3v) is 6.57. The van der Waals surface area contributed by atoms with Gasteiger partial charge in [-0.1, -0.05) is 88.0 Å². The quantitative estimate of drug-likeness (QED) is 0.242. The number of carbonyl (C=O) groups excluding carboxylic acids is 2. The van der Waals surface area contributed by atoms with E-state index < -0.39 is 16.8 Å². The lowest BCUT2D eigenvalue weighted by Crippen LogP contribution is -2.43. The third-order valence-electron chi connectivity index (χ3n) is 5.57. The van der Waals surface area contributed by atoms with Crippen LogP contribution in [0.1, 0.15) is 11.6 Å². The molecule has 0 aliphatic rings. The number of nitrogens with two attached hydrogens (primary N) is 1. The zero-order chi connectivity index (χ0) is 27.2. The molecule has 0 aliphatic heterocycles. The van der Waals surface area contributed by atoms with Crippen molar-refractivity contribution in [1.82, 2.24) is 15.5 Å². The van der Waals surface area contributed by atoms with Crippen LogP contribution in [0.4, 0.5) is 5.69 Å². The van der Waals surface area contributed by atoms with Gasteiger partial charge in [0, 0.05) is 36.6 Å². The molecule has 0 radical (unpaired) electrons. The number of alkyl halides is 2. The van der Waals surface area contributed by atoms with E-state index in [1.165, 1.54) is 11.1 Å². The number of pyridine rings is 1. The molecule has 3 N–H and O–H groups in total. The summed E-state index contributed by atoms with van der Waals surface area (Å²) in [4.78, 5) is 29.7. The number of nitrogens with one attached hydrogen (secondary N) is 1. The fraction of sp³-hybridized carbons (Fsp3) is 0.154. The number of nitrogens with zero attached hydrogens (tertiary/aromatic N) is 3. The van der Waals surface area contributed by atoms with Crippen LogP contribution < -0.4 is 16.0 Å². The molecule has 0 fully saturated rings. The monoisotopic (exact) mass is 591 g/mol. The molecule has 38 heavy (non-hydrogen) atoms. The second-order valence-corrected chi connectivity index (χ2v) is 9.95. The first kappa shape index (κ1) is 27.9. The van der Waals surface area contributed by atoms with Gasteiger partial charge in [0.05, 0.1) is 10.0 Å². The first-order valence-electron chi connectivity index (χ1n) is 11.3. The Kier molecular flexibility index (Phi) is 9.25. The van der Waals surface area contributed by atoms with Gasteiger partial charge in [0.15, 0.2) is 10.6 Å². The van der Waals surface area contributed by atoms with Crippen molar-refractivity contribution < 1.29 is 14.1 Å². The summed E-state index contributed by atoms with van der Waals surface area (Å²) in [5, 5.41) is 7.64. The molecule has 2 aromatic heterocycles. The number of hydrogen-bond donors (Lipinski definition) is 2. The predicted molar refractivity (Wildman–Crippen MR) is 149 cm³/mol. The van der Waals surface area contributed by atoms with Crippen molar-refractivity contribution in [2.45, 2.75) is 10.9 Å². The number of halogens is 4. The summed E-state index contributed by atoms with van der Waals surface area (Å²) in [6, 6.07) is 18.1. The molecule has 0 bridgehead atoms. The number of carbonyl (C=O) groups is 2. The van der Waals surface area contributed by atoms with E-state index in [1.54, 1.807) is 60.7 Å². The van der Waals surface area contributed by atoms with Gasteiger partial charge in [-0.3, -0.25) is 14.6 Å². The van der Waals surface area contributed by atoms with Crippen molar-refractivity contribution in [3.05, 3.63) is 88.5 Å². The van der Waals surface area contributed by atoms with Gasteiger partial charge in [-0.2, -0.15) is 0 Å². The lowest BCUT2D eigenvalue weighted by atomic mass is 10.1. The van der Waals surface area contributed by atoms with Gasteiger partial charge in [-0.05, 0) is 29.8 Å². The number of aromatic nitrogens is 2. The second kappa shape index (κ2) is 12.6. The Balaban J connectivity index is 1.52. The molecule has 8 nitrogen and oxygen atoms in total. The zero-order valence-corrected chi connectivity index (χ0v) is 22.7. The van der Waals surface area contributed by atoms with Gasteiger partial charge in [0.1, 0.15) is 17.4 Å². The number of anilines is 1. The topological polar surface area (TPSA) is 114 Å². The van der Waals surface area contributed by atoms with Crippen molar-refractivity contribution in [3.63, 3.8) is 0 Å². The van der Waals surface area contributed by atoms with Crippen LogP contribution in [0, 0.1) is 0 Å². The largest absolute Gasteiger partial charge is 0.354 e. The Hall–Kier alpha value is -3.14. The van der Waals surface area contributed by atoms with Gasteiger partial charge in [0.2, 0.25) is 5.91 Å². The SMILES string of the molecule is N[C@H](C(=O)NCCN(C(=O)C(Cl)Cl)c1ccnc(-c2cc(-c3c(Cl)cccc3Cl)no2)c1)c1ccccc1. The predicted octanol–water partition coefficient (Wildman–Crippen LogP) is 5.66. The molecule has 4 aromatic rings. The van der Waals surface area contributed by atoms with E-state index in [4.69, 9.17) is 56.7 Å². The van der Waals surface area contributed by atoms with Crippen LogP contribution in [0.25, 0.3) is 22.7 Å². The molecule has 2 heterocycles. The van der Waals surface area contributed by atoms with Crippen LogP contribution in [0.15, 0.2) is 77.4 Å². The van der Waals surface area contributed by atoms with E-state index in [1.807, 2.05) is 6.07 Å². The highest BCUT2D eigenvalue weighted by molar-refractivity contribution is 6.54. The molecular formula is C26H21Cl4N5O3. The van der Waals surface area contributed by atoms with E-state index in [9.17, 15) is 9.59 Å². The molecule has 0 aliphatic carbocycles. The van der Waals surface area contributed by atoms with Crippen molar-refractivity contribution in [2.24, 2.45) is 5.73 Å². The van der Waals surface area contributed by atoms with Gasteiger partial charge in [0.25, 0.3) is 5.91 Å². The highest BCUT2D eigenvalue weighted by Crippen LogP contribution is 2.36. The zero-order valence-electron chi connectivity index (χ0n) is 19.7. The Labute approximate surface area is 238 Å². The van der Waals surface area contributed by atoms with E-state index in [2.05, 4.69) is 15.5 Å². The molecule has 4 rings (SSSR count). The summed E-state index contributed by atoms with van der Waals surface area (Å²) >= 11 is 24.4. The molecule has 2 amide bonds. The molecule has 0 unspecified atom stereocenters. The highest BCUT2D eigenvalue weighted by Gasteiger charge is 2.24. The van der Waals surface area contributed by atoms with Crippen LogP contribution in [0.2, 0.25) is 10.0 Å². The maximum absolute atomic E-state index is 12.8. The van der Waals surface area contributed by atoms with E-state index in [-0.39, 0.29) is 19.0 Å². The summed E-state index contributed by atoms with van der Waals surface area (Å²) in [5.74, 6) is -0.645. The summed E-state index contributed by atoms with van der Waals surface area (Å²) in [7, 11) is 0. The molecule has 12 heteroatoms. The number of benzene rings is 2. The Morgan fingerprint density at radius 3 is 2.37 bits per heavy atom. The van der Waals surface area contributed by atoms with E-state index in [0.717, 1.165) is 0 Å². The summed E-state index contributed by atoms with van der Waals surface area (Å²) in [6.45, 7) is 0.170. The summed E-state index contributed by atoms with van der Waals surface area (Å²) in [6.07, 6.45) is 1.50. The maximum atomic E-state index is 12.8. The van der Waals surface area contributed by atoms with Crippen molar-refractivity contribution in [1.29, 1.82) is 0 Å². The number of amides is 2. The minimum Gasteiger partial charge on any atom is -0.354 e.